The fourth-order valence-corrected chi connectivity index (χ4v) is 14.0. The van der Waals surface area contributed by atoms with Crippen molar-refractivity contribution in [3.8, 4) is 0 Å². The number of esters is 1. The molecule has 0 aromatic heterocycles. The third kappa shape index (κ3) is 4.42. The number of carbonyl (C=O) groups excluding carboxylic acids is 1. The molecule has 0 radical (unpaired) electrons. The van der Waals surface area contributed by atoms with Gasteiger partial charge in [0.2, 0.25) is 0 Å². The molecular formula is C38H62O10. The second-order valence-electron chi connectivity index (χ2n) is 19.5. The Morgan fingerprint density at radius 3 is 2.21 bits per heavy atom. The molecule has 0 bridgehead atoms. The Labute approximate surface area is 286 Å². The van der Waals surface area contributed by atoms with Gasteiger partial charge in [0.25, 0.3) is 0 Å². The first kappa shape index (κ1) is 35.5. The van der Waals surface area contributed by atoms with E-state index in [4.69, 9.17) is 18.9 Å². The van der Waals surface area contributed by atoms with Crippen LogP contribution in [0.5, 0.6) is 0 Å². The van der Waals surface area contributed by atoms with E-state index in [0.717, 1.165) is 44.9 Å². The van der Waals surface area contributed by atoms with Crippen molar-refractivity contribution < 1.29 is 49.3 Å². The Bertz CT molecular complexity index is 1300. The fourth-order valence-electron chi connectivity index (χ4n) is 14.0. The van der Waals surface area contributed by atoms with E-state index in [1.807, 2.05) is 20.8 Å². The van der Waals surface area contributed by atoms with Crippen molar-refractivity contribution in [2.24, 2.45) is 56.2 Å². The molecule has 2 saturated heterocycles. The van der Waals surface area contributed by atoms with E-state index in [1.165, 1.54) is 6.92 Å². The molecule has 5 N–H and O–H groups in total. The lowest BCUT2D eigenvalue weighted by Gasteiger charge is -2.63. The van der Waals surface area contributed by atoms with Crippen LogP contribution in [0.15, 0.2) is 0 Å². The summed E-state index contributed by atoms with van der Waals surface area (Å²) in [6.45, 7) is 18.7. The summed E-state index contributed by atoms with van der Waals surface area (Å²) in [4.78, 5) is 12.2. The van der Waals surface area contributed by atoms with Gasteiger partial charge in [0.1, 0.15) is 30.5 Å². The second kappa shape index (κ2) is 10.8. The number of ether oxygens (including phenoxy) is 4. The number of carbonyl (C=O) groups is 1. The van der Waals surface area contributed by atoms with Crippen molar-refractivity contribution in [3.05, 3.63) is 0 Å². The topological polar surface area (TPSA) is 155 Å². The standard InChI is InChI=1S/C38H62O10/c1-19-16-22(29(32(3,4)5)46-20(2)39)48-38(44)28(19)34(8)14-15-37-18-36(37)13-12-25(47-30-27(42)26(41)21(40)17-45-30)33(6,7)23(36)10-11-24(37)35(34,9)31(38)43/h19,21-31,40-44H,10-18H2,1-9H3/t19-,21-,22-,23+,24+,25+,26+,27-,28-,29+,30+,31-,34-,35-,36-,37+,38-/m1/s1. The number of aliphatic hydroxyl groups excluding tert-OH is 4. The van der Waals surface area contributed by atoms with Crippen LogP contribution >= 0.6 is 0 Å². The first-order chi connectivity index (χ1) is 22.1. The van der Waals surface area contributed by atoms with Gasteiger partial charge < -0.3 is 44.5 Å². The molecule has 2 spiro atoms. The second-order valence-corrected chi connectivity index (χ2v) is 19.5. The normalized spacial score (nSPS) is 56.1. The third-order valence-corrected chi connectivity index (χ3v) is 16.0. The Balaban J connectivity index is 1.17. The summed E-state index contributed by atoms with van der Waals surface area (Å²) in [5, 5.41) is 56.1. The van der Waals surface area contributed by atoms with Crippen molar-refractivity contribution in [2.75, 3.05) is 6.61 Å². The predicted molar refractivity (Wildman–Crippen MR) is 175 cm³/mol. The minimum Gasteiger partial charge on any atom is -0.459 e. The lowest BCUT2D eigenvalue weighted by molar-refractivity contribution is -0.340. The van der Waals surface area contributed by atoms with Crippen LogP contribution < -0.4 is 0 Å². The molecule has 7 fully saturated rings. The molecule has 48 heavy (non-hydrogen) atoms. The number of aliphatic hydroxyl groups is 5. The van der Waals surface area contributed by atoms with Gasteiger partial charge in [-0.05, 0) is 90.8 Å². The summed E-state index contributed by atoms with van der Waals surface area (Å²) in [5.41, 5.74) is -1.37. The maximum absolute atomic E-state index is 12.7. The number of fused-ring (bicyclic) bond motifs is 4. The van der Waals surface area contributed by atoms with E-state index in [1.54, 1.807) is 0 Å². The number of hydrogen-bond acceptors (Lipinski definition) is 10. The van der Waals surface area contributed by atoms with E-state index in [2.05, 4.69) is 34.6 Å². The maximum Gasteiger partial charge on any atom is 0.303 e. The summed E-state index contributed by atoms with van der Waals surface area (Å²) >= 11 is 0. The van der Waals surface area contributed by atoms with Gasteiger partial charge >= 0.3 is 5.97 Å². The van der Waals surface area contributed by atoms with Gasteiger partial charge in [0.15, 0.2) is 12.1 Å². The highest BCUT2D eigenvalue weighted by molar-refractivity contribution is 5.66. The lowest BCUT2D eigenvalue weighted by atomic mass is 9.41. The van der Waals surface area contributed by atoms with E-state index in [0.29, 0.717) is 12.3 Å². The van der Waals surface area contributed by atoms with Gasteiger partial charge in [-0.2, -0.15) is 0 Å². The van der Waals surface area contributed by atoms with Gasteiger partial charge in [-0.1, -0.05) is 55.4 Å². The monoisotopic (exact) mass is 678 g/mol. The summed E-state index contributed by atoms with van der Waals surface area (Å²) in [5.74, 6) is -1.72. The fraction of sp³-hybridized carbons (Fsp3) is 0.974. The highest BCUT2D eigenvalue weighted by Gasteiger charge is 2.86. The van der Waals surface area contributed by atoms with Crippen LogP contribution in [0.2, 0.25) is 0 Å². The molecule has 17 atom stereocenters. The smallest absolute Gasteiger partial charge is 0.303 e. The maximum atomic E-state index is 12.7. The van der Waals surface area contributed by atoms with Crippen molar-refractivity contribution in [1.29, 1.82) is 0 Å². The van der Waals surface area contributed by atoms with Gasteiger partial charge in [-0.3, -0.25) is 4.79 Å². The molecule has 2 heterocycles. The molecule has 0 amide bonds. The zero-order valence-corrected chi connectivity index (χ0v) is 30.6. The molecule has 2 aliphatic heterocycles. The van der Waals surface area contributed by atoms with Crippen LogP contribution in [-0.2, 0) is 23.7 Å². The van der Waals surface area contributed by atoms with E-state index in [-0.39, 0.29) is 58.1 Å². The Morgan fingerprint density at radius 1 is 0.917 bits per heavy atom. The molecule has 274 valence electrons. The molecule has 10 nitrogen and oxygen atoms in total. The van der Waals surface area contributed by atoms with Crippen molar-refractivity contribution in [2.45, 2.75) is 168 Å². The van der Waals surface area contributed by atoms with Crippen LogP contribution in [0, 0.1) is 56.2 Å². The van der Waals surface area contributed by atoms with Crippen molar-refractivity contribution >= 4 is 5.97 Å². The largest absolute Gasteiger partial charge is 0.459 e. The number of rotatable bonds is 4. The molecule has 0 unspecified atom stereocenters. The quantitative estimate of drug-likeness (QED) is 0.218. The van der Waals surface area contributed by atoms with Crippen LogP contribution in [-0.4, -0.2) is 92.9 Å². The Kier molecular flexibility index (Phi) is 8.03. The molecule has 0 aromatic rings. The molecule has 0 aromatic carbocycles. The summed E-state index contributed by atoms with van der Waals surface area (Å²) in [6.07, 6.45) is 0.354. The van der Waals surface area contributed by atoms with Gasteiger partial charge in [0.05, 0.1) is 18.8 Å². The van der Waals surface area contributed by atoms with Gasteiger partial charge in [-0.25, -0.2) is 0 Å². The third-order valence-electron chi connectivity index (χ3n) is 16.0. The molecule has 5 saturated carbocycles. The predicted octanol–water partition coefficient (Wildman–Crippen LogP) is 3.92. The summed E-state index contributed by atoms with van der Waals surface area (Å²) in [6, 6.07) is 0. The summed E-state index contributed by atoms with van der Waals surface area (Å²) < 4.78 is 24.7. The molecule has 5 aliphatic carbocycles. The highest BCUT2D eigenvalue weighted by Crippen LogP contribution is 2.89. The zero-order chi connectivity index (χ0) is 35.2. The molecule has 10 heteroatoms. The van der Waals surface area contributed by atoms with Crippen LogP contribution in [0.1, 0.15) is 114 Å². The average molecular weight is 679 g/mol. The van der Waals surface area contributed by atoms with Crippen LogP contribution in [0.25, 0.3) is 0 Å². The molecular weight excluding hydrogens is 616 g/mol. The minimum atomic E-state index is -1.75. The Hall–Kier alpha value is -0.850. The first-order valence-electron chi connectivity index (χ1n) is 18.7. The van der Waals surface area contributed by atoms with Crippen molar-refractivity contribution in [3.63, 3.8) is 0 Å². The van der Waals surface area contributed by atoms with Crippen LogP contribution in [0.3, 0.4) is 0 Å². The lowest BCUT2D eigenvalue weighted by Crippen LogP contribution is -2.61. The number of hydrogen-bond donors (Lipinski definition) is 5. The van der Waals surface area contributed by atoms with E-state index < -0.39 is 59.5 Å². The van der Waals surface area contributed by atoms with Gasteiger partial charge in [-0.15, -0.1) is 0 Å². The minimum absolute atomic E-state index is 0.0534. The molecule has 7 aliphatic rings. The van der Waals surface area contributed by atoms with E-state index >= 15 is 0 Å². The zero-order valence-electron chi connectivity index (χ0n) is 30.6. The summed E-state index contributed by atoms with van der Waals surface area (Å²) in [7, 11) is 0. The molecule has 7 rings (SSSR count). The first-order valence-corrected chi connectivity index (χ1v) is 18.7. The van der Waals surface area contributed by atoms with E-state index in [9.17, 15) is 30.3 Å². The average Bonchev–Trinajstić information content (AvgIpc) is 3.62. The highest BCUT2D eigenvalue weighted by atomic mass is 16.7. The SMILES string of the molecule is CC(=O)O[C@@H]([C@H]1C[C@@H](C)[C@H]2[C@@](O)(O1)[C@H](O)[C@@]1(C)[C@@H]3CC[C@H]4C(C)(C)[C@@H](O[C@@H]5OC[C@@H](O)[C@H](O)[C@H]5O)CC[C@@]45C[C@@]35CC[C@]21C)C(C)(C)C. The van der Waals surface area contributed by atoms with Gasteiger partial charge in [0, 0.05) is 23.7 Å². The Morgan fingerprint density at radius 2 is 1.56 bits per heavy atom. The van der Waals surface area contributed by atoms with Crippen molar-refractivity contribution in [1.82, 2.24) is 0 Å². The van der Waals surface area contributed by atoms with Crippen LogP contribution in [0.4, 0.5) is 0 Å².